The summed E-state index contributed by atoms with van der Waals surface area (Å²) in [5, 5.41) is 0. The minimum Gasteiger partial charge on any atom is -0.462 e. The topological polar surface area (TPSA) is 177 Å². The Hall–Kier alpha value is -4.25. The van der Waals surface area contributed by atoms with Gasteiger partial charge in [-0.05, 0) is 70.5 Å². The van der Waals surface area contributed by atoms with Crippen LogP contribution in [0.1, 0.15) is 67.1 Å². The molecular formula is C33H43N4O10S2+. The number of allylic oxidation sites excluding steroid dienone is 2. The number of fused-ring (bicyclic) bond motifs is 2. The van der Waals surface area contributed by atoms with Gasteiger partial charge in [-0.15, -0.1) is 0 Å². The normalized spacial score (nSPS) is 14.3. The molecule has 0 saturated heterocycles. The molecule has 49 heavy (non-hydrogen) atoms. The maximum atomic E-state index is 12.6. The molecule has 14 nitrogen and oxygen atoms in total. The third kappa shape index (κ3) is 9.06. The molecule has 1 aliphatic rings. The first-order valence-corrected chi connectivity index (χ1v) is 19.3. The lowest BCUT2D eigenvalue weighted by Gasteiger charge is -2.24. The molecule has 0 radical (unpaired) electrons. The van der Waals surface area contributed by atoms with Crippen LogP contribution < -0.4 is 14.4 Å². The third-order valence-corrected chi connectivity index (χ3v) is 9.54. The highest BCUT2D eigenvalue weighted by Gasteiger charge is 2.31. The maximum Gasteiger partial charge on any atom is 0.338 e. The van der Waals surface area contributed by atoms with Crippen molar-refractivity contribution in [3.05, 3.63) is 71.3 Å². The van der Waals surface area contributed by atoms with Crippen molar-refractivity contribution in [2.45, 2.75) is 53.6 Å². The first-order valence-electron chi connectivity index (χ1n) is 16.1. The Kier molecular flexibility index (Phi) is 12.2. The van der Waals surface area contributed by atoms with Gasteiger partial charge in [0.2, 0.25) is 0 Å². The molecule has 0 fully saturated rings. The standard InChI is InChI=1S/C33H42N4O10S2/c1-5-34-26-16-14-24(32(38)46-7-3)22-28(26)36(18-10-20-48(40,41)42)30(34)12-9-13-31-35(6-2)27-17-15-25(33(39)47-8-4)23-29(27)37(31)19-11-21-49(43,44)45/h9,12-17,22-23H,5-8,10-11,18-21H2,1-4H3,(H-,40,41,42,43,44,45)/p+1. The number of hydrogen-bond donors (Lipinski definition) is 2. The first kappa shape index (κ1) is 37.6. The molecule has 2 aromatic carbocycles. The fraction of sp³-hybridized carbons (Fsp3) is 0.424. The van der Waals surface area contributed by atoms with Gasteiger partial charge in [-0.1, -0.05) is 6.08 Å². The van der Waals surface area contributed by atoms with E-state index in [0.717, 1.165) is 11.2 Å². The number of benzene rings is 2. The fourth-order valence-corrected chi connectivity index (χ4v) is 6.92. The van der Waals surface area contributed by atoms with Crippen molar-refractivity contribution in [3.63, 3.8) is 0 Å². The van der Waals surface area contributed by atoms with E-state index in [0.29, 0.717) is 47.1 Å². The summed E-state index contributed by atoms with van der Waals surface area (Å²) in [4.78, 5) is 29.1. The van der Waals surface area contributed by atoms with Crippen molar-refractivity contribution in [1.82, 2.24) is 4.57 Å². The molecule has 2 N–H and O–H groups in total. The molecular weight excluding hydrogens is 677 g/mol. The number of ether oxygens (including phenoxy) is 2. The predicted octanol–water partition coefficient (Wildman–Crippen LogP) is 4.06. The van der Waals surface area contributed by atoms with Crippen molar-refractivity contribution in [3.8, 4) is 0 Å². The number of rotatable bonds is 16. The molecule has 0 amide bonds. The minimum atomic E-state index is -4.20. The van der Waals surface area contributed by atoms with E-state index in [-0.39, 0.29) is 39.1 Å². The number of anilines is 2. The molecule has 3 aromatic rings. The fourth-order valence-electron chi connectivity index (χ4n) is 5.93. The molecule has 2 heterocycles. The quantitative estimate of drug-likeness (QED) is 0.124. The van der Waals surface area contributed by atoms with E-state index in [9.17, 15) is 35.5 Å². The Morgan fingerprint density at radius 3 is 1.96 bits per heavy atom. The molecule has 0 aliphatic carbocycles. The van der Waals surface area contributed by atoms with Crippen LogP contribution in [0.2, 0.25) is 0 Å². The van der Waals surface area contributed by atoms with E-state index >= 15 is 0 Å². The second-order valence-corrected chi connectivity index (χ2v) is 14.3. The molecule has 0 saturated carbocycles. The molecule has 0 bridgehead atoms. The Bertz CT molecular complexity index is 1990. The maximum absolute atomic E-state index is 12.6. The highest BCUT2D eigenvalue weighted by molar-refractivity contribution is 7.86. The lowest BCUT2D eigenvalue weighted by atomic mass is 10.1. The zero-order chi connectivity index (χ0) is 35.9. The van der Waals surface area contributed by atoms with Crippen LogP contribution in [0, 0.1) is 0 Å². The molecule has 1 aromatic heterocycles. The number of carbonyl (C=O) groups is 2. The van der Waals surface area contributed by atoms with Crippen LogP contribution in [0.5, 0.6) is 0 Å². The lowest BCUT2D eigenvalue weighted by Crippen LogP contribution is -2.35. The van der Waals surface area contributed by atoms with Gasteiger partial charge in [0.1, 0.15) is 5.82 Å². The molecule has 16 heteroatoms. The second kappa shape index (κ2) is 16.0. The Balaban J connectivity index is 1.82. The zero-order valence-corrected chi connectivity index (χ0v) is 29.7. The summed E-state index contributed by atoms with van der Waals surface area (Å²) in [5.74, 6) is -0.459. The second-order valence-electron chi connectivity index (χ2n) is 11.2. The zero-order valence-electron chi connectivity index (χ0n) is 28.0. The summed E-state index contributed by atoms with van der Waals surface area (Å²) in [5.41, 5.74) is 3.64. The van der Waals surface area contributed by atoms with E-state index in [1.165, 1.54) is 0 Å². The molecule has 0 spiro atoms. The van der Waals surface area contributed by atoms with Crippen LogP contribution in [0.15, 0.2) is 54.4 Å². The highest BCUT2D eigenvalue weighted by Crippen LogP contribution is 2.42. The van der Waals surface area contributed by atoms with E-state index in [1.807, 2.05) is 63.1 Å². The molecule has 4 rings (SSSR count). The van der Waals surface area contributed by atoms with Gasteiger partial charge in [0.05, 0.1) is 60.3 Å². The van der Waals surface area contributed by atoms with Crippen molar-refractivity contribution in [1.29, 1.82) is 0 Å². The van der Waals surface area contributed by atoms with Crippen molar-refractivity contribution >= 4 is 60.7 Å². The van der Waals surface area contributed by atoms with Crippen LogP contribution >= 0.6 is 0 Å². The number of aryl methyl sites for hydroxylation is 2. The minimum absolute atomic E-state index is 0.112. The number of nitrogens with zero attached hydrogens (tertiary/aromatic N) is 4. The molecule has 1 aliphatic heterocycles. The summed E-state index contributed by atoms with van der Waals surface area (Å²) in [7, 11) is -8.40. The number of esters is 2. The largest absolute Gasteiger partial charge is 0.462 e. The van der Waals surface area contributed by atoms with Gasteiger partial charge in [0.25, 0.3) is 26.1 Å². The van der Waals surface area contributed by atoms with Gasteiger partial charge in [0, 0.05) is 31.7 Å². The van der Waals surface area contributed by atoms with Gasteiger partial charge in [-0.25, -0.2) is 18.7 Å². The van der Waals surface area contributed by atoms with E-state index in [2.05, 4.69) is 0 Å². The lowest BCUT2D eigenvalue weighted by molar-refractivity contribution is -0.670. The molecule has 0 unspecified atom stereocenters. The average molecular weight is 720 g/mol. The Labute approximate surface area is 286 Å². The number of aromatic nitrogens is 2. The number of hydrogen-bond acceptors (Lipinski definition) is 10. The van der Waals surface area contributed by atoms with E-state index in [1.54, 1.807) is 38.1 Å². The van der Waals surface area contributed by atoms with Crippen LogP contribution in [-0.4, -0.2) is 80.3 Å². The smallest absolute Gasteiger partial charge is 0.338 e. The average Bonchev–Trinajstić information content (AvgIpc) is 3.50. The molecule has 266 valence electrons. The summed E-state index contributed by atoms with van der Waals surface area (Å²) < 4.78 is 79.3. The summed E-state index contributed by atoms with van der Waals surface area (Å²) in [6.07, 6.45) is 5.75. The van der Waals surface area contributed by atoms with Gasteiger partial charge in [0.15, 0.2) is 11.0 Å². The van der Waals surface area contributed by atoms with Crippen LogP contribution in [0.3, 0.4) is 0 Å². The van der Waals surface area contributed by atoms with Crippen molar-refractivity contribution in [2.24, 2.45) is 0 Å². The Morgan fingerprint density at radius 2 is 1.39 bits per heavy atom. The van der Waals surface area contributed by atoms with Crippen LogP contribution in [-0.2, 0) is 42.8 Å². The van der Waals surface area contributed by atoms with Crippen LogP contribution in [0.25, 0.3) is 17.1 Å². The monoisotopic (exact) mass is 719 g/mol. The van der Waals surface area contributed by atoms with Gasteiger partial charge in [-0.3, -0.25) is 9.11 Å². The highest BCUT2D eigenvalue weighted by atomic mass is 32.2. The summed E-state index contributed by atoms with van der Waals surface area (Å²) in [6, 6.07) is 10.4. The third-order valence-electron chi connectivity index (χ3n) is 7.93. The number of imidazole rings is 1. The predicted molar refractivity (Wildman–Crippen MR) is 186 cm³/mol. The van der Waals surface area contributed by atoms with Crippen molar-refractivity contribution < 1.29 is 49.6 Å². The number of carbonyl (C=O) groups excluding carboxylic acids is 2. The summed E-state index contributed by atoms with van der Waals surface area (Å²) in [6.45, 7) is 9.29. The summed E-state index contributed by atoms with van der Waals surface area (Å²) >= 11 is 0. The van der Waals surface area contributed by atoms with Gasteiger partial charge < -0.3 is 19.3 Å². The first-order chi connectivity index (χ1) is 23.2. The van der Waals surface area contributed by atoms with Crippen LogP contribution in [0.4, 0.5) is 11.4 Å². The molecule has 0 atom stereocenters. The van der Waals surface area contributed by atoms with E-state index in [4.69, 9.17) is 9.47 Å². The van der Waals surface area contributed by atoms with Gasteiger partial charge >= 0.3 is 11.9 Å². The Morgan fingerprint density at radius 1 is 0.796 bits per heavy atom. The van der Waals surface area contributed by atoms with E-state index < -0.39 is 43.7 Å². The SMILES string of the molecule is CCOC(=O)c1ccc2c(c1)N(CCCS(=O)(=O)O)/C(=C\C=C\c1n(CCCS(=O)(=O)O)c3cc(C(=O)OCC)ccc3[n+]1CC)N2CC. The van der Waals surface area contributed by atoms with Crippen molar-refractivity contribution in [2.75, 3.05) is 47.6 Å². The van der Waals surface area contributed by atoms with Gasteiger partial charge in [-0.2, -0.15) is 16.8 Å².